The first-order chi connectivity index (χ1) is 6.17. The number of aliphatic hydroxyl groups excluding tert-OH is 1. The van der Waals surface area contributed by atoms with Gasteiger partial charge in [-0.1, -0.05) is 5.92 Å². The van der Waals surface area contributed by atoms with Crippen LogP contribution in [0.1, 0.15) is 13.3 Å². The summed E-state index contributed by atoms with van der Waals surface area (Å²) in [5.41, 5.74) is 0.0272. The van der Waals surface area contributed by atoms with Crippen molar-refractivity contribution in [3.05, 3.63) is 11.5 Å². The molecule has 0 fully saturated rings. The predicted molar refractivity (Wildman–Crippen MR) is 46.7 cm³/mol. The summed E-state index contributed by atoms with van der Waals surface area (Å²) in [7, 11) is 2.49. The van der Waals surface area contributed by atoms with Crippen LogP contribution < -0.4 is 0 Å². The zero-order valence-electron chi connectivity index (χ0n) is 7.88. The van der Waals surface area contributed by atoms with Gasteiger partial charge in [0.1, 0.15) is 5.57 Å². The summed E-state index contributed by atoms with van der Waals surface area (Å²) in [4.78, 5) is 11.0. The number of carbonyl (C=O) groups excluding carboxylic acids is 1. The molecule has 0 saturated carbocycles. The summed E-state index contributed by atoms with van der Waals surface area (Å²) in [6.45, 7) is 1.64. The van der Waals surface area contributed by atoms with Gasteiger partial charge < -0.3 is 14.6 Å². The number of esters is 1. The molecule has 4 nitrogen and oxygen atoms in total. The molecule has 1 N–H and O–H groups in total. The van der Waals surface area contributed by atoms with Gasteiger partial charge in [0.15, 0.2) is 0 Å². The van der Waals surface area contributed by atoms with Crippen LogP contribution in [0.2, 0.25) is 0 Å². The van der Waals surface area contributed by atoms with E-state index in [0.29, 0.717) is 0 Å². The minimum absolute atomic E-state index is 0.0272. The second kappa shape index (κ2) is 5.95. The Hall–Kier alpha value is -1.63. The number of hydrogen-bond acceptors (Lipinski definition) is 4. The van der Waals surface area contributed by atoms with Crippen LogP contribution in [0.4, 0.5) is 0 Å². The molecule has 0 aromatic carbocycles. The second-order valence-electron chi connectivity index (χ2n) is 2.08. The Morgan fingerprint density at radius 3 is 2.38 bits per heavy atom. The van der Waals surface area contributed by atoms with E-state index in [0.717, 1.165) is 0 Å². The third kappa shape index (κ3) is 3.52. The van der Waals surface area contributed by atoms with E-state index in [9.17, 15) is 4.79 Å². The molecule has 0 atom stereocenters. The highest BCUT2D eigenvalue weighted by atomic mass is 16.6. The fraction of sp³-hybridized carbons (Fsp3) is 0.444. The van der Waals surface area contributed by atoms with Crippen molar-refractivity contribution in [2.75, 3.05) is 14.2 Å². The van der Waals surface area contributed by atoms with E-state index in [1.165, 1.54) is 14.2 Å². The highest BCUT2D eigenvalue weighted by molar-refractivity contribution is 5.89. The van der Waals surface area contributed by atoms with Crippen LogP contribution in [0.3, 0.4) is 0 Å². The number of aliphatic hydroxyl groups is 1. The first-order valence-electron chi connectivity index (χ1n) is 3.61. The van der Waals surface area contributed by atoms with E-state index in [4.69, 9.17) is 5.11 Å². The Balaban J connectivity index is 4.71. The van der Waals surface area contributed by atoms with Crippen LogP contribution in [0.5, 0.6) is 0 Å². The monoisotopic (exact) mass is 184 g/mol. The van der Waals surface area contributed by atoms with Gasteiger partial charge in [-0.25, -0.2) is 4.79 Å². The third-order valence-electron chi connectivity index (χ3n) is 1.33. The van der Waals surface area contributed by atoms with Crippen LogP contribution in [0.25, 0.3) is 0 Å². The molecule has 0 rings (SSSR count). The lowest BCUT2D eigenvalue weighted by molar-refractivity contribution is -0.136. The first-order valence-corrected chi connectivity index (χ1v) is 3.61. The number of methoxy groups -OCH3 is 2. The molecule has 72 valence electrons. The van der Waals surface area contributed by atoms with Gasteiger partial charge in [0.2, 0.25) is 0 Å². The summed E-state index contributed by atoms with van der Waals surface area (Å²) in [6.07, 6.45) is 0.114. The molecule has 13 heavy (non-hydrogen) atoms. The second-order valence-corrected chi connectivity index (χ2v) is 2.08. The van der Waals surface area contributed by atoms with Gasteiger partial charge in [-0.2, -0.15) is 0 Å². The molecule has 0 spiro atoms. The predicted octanol–water partition coefficient (Wildman–Crippen LogP) is 0.989. The SMILES string of the molecule is CC#CC/C(C(=O)OC)=C(\O)OC. The van der Waals surface area contributed by atoms with E-state index in [1.54, 1.807) is 6.92 Å². The largest absolute Gasteiger partial charge is 0.481 e. The van der Waals surface area contributed by atoms with E-state index in [1.807, 2.05) is 0 Å². The highest BCUT2D eigenvalue weighted by Gasteiger charge is 2.15. The average Bonchev–Trinajstić information content (AvgIpc) is 2.17. The first kappa shape index (κ1) is 11.4. The molecule has 0 saturated heterocycles. The zero-order chi connectivity index (χ0) is 10.3. The highest BCUT2D eigenvalue weighted by Crippen LogP contribution is 2.08. The van der Waals surface area contributed by atoms with Gasteiger partial charge in [0, 0.05) is 6.42 Å². The van der Waals surface area contributed by atoms with Gasteiger partial charge in [-0.15, -0.1) is 5.92 Å². The molecular weight excluding hydrogens is 172 g/mol. The molecule has 0 bridgehead atoms. The van der Waals surface area contributed by atoms with Gasteiger partial charge >= 0.3 is 5.97 Å². The summed E-state index contributed by atoms with van der Waals surface area (Å²) in [5, 5.41) is 9.13. The average molecular weight is 184 g/mol. The number of hydrogen-bond donors (Lipinski definition) is 1. The van der Waals surface area contributed by atoms with Gasteiger partial charge in [0.25, 0.3) is 5.95 Å². The maximum Gasteiger partial charge on any atom is 0.341 e. The summed E-state index contributed by atoms with van der Waals surface area (Å²) in [6, 6.07) is 0. The third-order valence-corrected chi connectivity index (χ3v) is 1.33. The van der Waals surface area contributed by atoms with E-state index in [2.05, 4.69) is 21.3 Å². The van der Waals surface area contributed by atoms with Crippen molar-refractivity contribution in [3.8, 4) is 11.8 Å². The van der Waals surface area contributed by atoms with Crippen LogP contribution in [0, 0.1) is 11.8 Å². The topological polar surface area (TPSA) is 55.8 Å². The summed E-state index contributed by atoms with van der Waals surface area (Å²) >= 11 is 0. The molecule has 0 amide bonds. The molecule has 0 aromatic heterocycles. The van der Waals surface area contributed by atoms with Crippen LogP contribution in [-0.4, -0.2) is 25.3 Å². The normalized spacial score (nSPS) is 10.7. The van der Waals surface area contributed by atoms with Gasteiger partial charge in [0.05, 0.1) is 14.2 Å². The summed E-state index contributed by atoms with van der Waals surface area (Å²) in [5.74, 6) is 4.14. The Kier molecular flexibility index (Phi) is 5.20. The van der Waals surface area contributed by atoms with Gasteiger partial charge in [-0.3, -0.25) is 0 Å². The van der Waals surface area contributed by atoms with Gasteiger partial charge in [-0.05, 0) is 6.92 Å². The Labute approximate surface area is 77.2 Å². The van der Waals surface area contributed by atoms with E-state index in [-0.39, 0.29) is 12.0 Å². The van der Waals surface area contributed by atoms with Crippen molar-refractivity contribution in [2.45, 2.75) is 13.3 Å². The lowest BCUT2D eigenvalue weighted by Crippen LogP contribution is -2.08. The molecule has 0 unspecified atom stereocenters. The standard InChI is InChI=1S/C9H12O4/c1-4-5-6-7(8(10)12-2)9(11)13-3/h10H,6H2,1-3H3/b8-7-. The van der Waals surface area contributed by atoms with Crippen LogP contribution in [-0.2, 0) is 14.3 Å². The molecule has 0 aliphatic rings. The maximum absolute atomic E-state index is 11.0. The number of carbonyl (C=O) groups is 1. The number of rotatable bonds is 3. The van der Waals surface area contributed by atoms with E-state index < -0.39 is 11.9 Å². The van der Waals surface area contributed by atoms with Crippen molar-refractivity contribution >= 4 is 5.97 Å². The molecule has 4 heteroatoms. The smallest absolute Gasteiger partial charge is 0.341 e. The fourth-order valence-electron chi connectivity index (χ4n) is 0.658. The molecule has 0 heterocycles. The molecular formula is C9H12O4. The van der Waals surface area contributed by atoms with E-state index >= 15 is 0 Å². The van der Waals surface area contributed by atoms with Crippen molar-refractivity contribution in [2.24, 2.45) is 0 Å². The lowest BCUT2D eigenvalue weighted by Gasteiger charge is -2.03. The quantitative estimate of drug-likeness (QED) is 0.307. The minimum Gasteiger partial charge on any atom is -0.481 e. The van der Waals surface area contributed by atoms with Crippen LogP contribution in [0.15, 0.2) is 11.5 Å². The lowest BCUT2D eigenvalue weighted by atomic mass is 10.2. The Morgan fingerprint density at radius 2 is 2.00 bits per heavy atom. The molecule has 0 radical (unpaired) electrons. The molecule has 0 aliphatic heterocycles. The fourth-order valence-corrected chi connectivity index (χ4v) is 0.658. The number of ether oxygens (including phenoxy) is 2. The van der Waals surface area contributed by atoms with Crippen molar-refractivity contribution < 1.29 is 19.4 Å². The van der Waals surface area contributed by atoms with Crippen LogP contribution >= 0.6 is 0 Å². The Morgan fingerprint density at radius 1 is 1.38 bits per heavy atom. The Bertz CT molecular complexity index is 267. The van der Waals surface area contributed by atoms with Crippen molar-refractivity contribution in [1.29, 1.82) is 0 Å². The maximum atomic E-state index is 11.0. The zero-order valence-corrected chi connectivity index (χ0v) is 7.88. The summed E-state index contributed by atoms with van der Waals surface area (Å²) < 4.78 is 8.93. The van der Waals surface area contributed by atoms with Crippen molar-refractivity contribution in [3.63, 3.8) is 0 Å². The van der Waals surface area contributed by atoms with Crippen molar-refractivity contribution in [1.82, 2.24) is 0 Å². The molecule has 0 aliphatic carbocycles. The minimum atomic E-state index is -0.637. The molecule has 0 aromatic rings.